The molecule has 0 aliphatic carbocycles. The third-order valence-corrected chi connectivity index (χ3v) is 2.87. The maximum absolute atomic E-state index is 13.4. The molecule has 2 rings (SSSR count). The van der Waals surface area contributed by atoms with Gasteiger partial charge in [0.15, 0.2) is 0 Å². The highest BCUT2D eigenvalue weighted by molar-refractivity contribution is 5.94. The van der Waals surface area contributed by atoms with Gasteiger partial charge in [-0.2, -0.15) is 4.39 Å². The molecule has 0 saturated heterocycles. The van der Waals surface area contributed by atoms with Crippen molar-refractivity contribution < 1.29 is 13.6 Å². The molecule has 110 valence electrons. The Kier molecular flexibility index (Phi) is 4.81. The quantitative estimate of drug-likeness (QED) is 0.657. The van der Waals surface area contributed by atoms with Crippen LogP contribution in [-0.4, -0.2) is 24.0 Å². The summed E-state index contributed by atoms with van der Waals surface area (Å²) < 4.78 is 26.2. The summed E-state index contributed by atoms with van der Waals surface area (Å²) in [4.78, 5) is 15.4. The van der Waals surface area contributed by atoms with Crippen molar-refractivity contribution in [1.29, 1.82) is 0 Å². The predicted octanol–water partition coefficient (Wildman–Crippen LogP) is 2.51. The highest BCUT2D eigenvalue weighted by atomic mass is 19.1. The van der Waals surface area contributed by atoms with Crippen molar-refractivity contribution >= 4 is 11.7 Å². The number of aromatic nitrogens is 1. The van der Waals surface area contributed by atoms with Gasteiger partial charge in [0.25, 0.3) is 5.91 Å². The number of nitrogens with one attached hydrogen (secondary N) is 2. The SMILES string of the molecule is Cc1ccc(C(=O)NCCNc2cccc(F)n2)cc1F. The summed E-state index contributed by atoms with van der Waals surface area (Å²) in [6.07, 6.45) is 0. The number of hydrogen-bond donors (Lipinski definition) is 2. The molecule has 1 amide bonds. The third-order valence-electron chi connectivity index (χ3n) is 2.87. The van der Waals surface area contributed by atoms with E-state index >= 15 is 0 Å². The van der Waals surface area contributed by atoms with Gasteiger partial charge in [-0.15, -0.1) is 0 Å². The van der Waals surface area contributed by atoms with Gasteiger partial charge in [0.05, 0.1) is 0 Å². The van der Waals surface area contributed by atoms with Crippen LogP contribution in [0.25, 0.3) is 0 Å². The second-order valence-electron chi connectivity index (χ2n) is 4.49. The summed E-state index contributed by atoms with van der Waals surface area (Å²) >= 11 is 0. The first-order valence-electron chi connectivity index (χ1n) is 6.47. The standard InChI is InChI=1S/C15H15F2N3O/c1-10-5-6-11(9-12(10)16)15(21)19-8-7-18-14-4-2-3-13(17)20-14/h2-6,9H,7-8H2,1H3,(H,18,20)(H,19,21). The molecule has 0 spiro atoms. The number of benzene rings is 1. The molecule has 2 aromatic rings. The molecule has 0 unspecified atom stereocenters. The second-order valence-corrected chi connectivity index (χ2v) is 4.49. The summed E-state index contributed by atoms with van der Waals surface area (Å²) in [7, 11) is 0. The van der Waals surface area contributed by atoms with Gasteiger partial charge in [-0.25, -0.2) is 9.37 Å². The van der Waals surface area contributed by atoms with Crippen LogP contribution in [-0.2, 0) is 0 Å². The molecule has 6 heteroatoms. The summed E-state index contributed by atoms with van der Waals surface area (Å²) in [5, 5.41) is 5.51. The van der Waals surface area contributed by atoms with Crippen LogP contribution in [0, 0.1) is 18.7 Å². The van der Waals surface area contributed by atoms with Crippen molar-refractivity contribution in [2.45, 2.75) is 6.92 Å². The van der Waals surface area contributed by atoms with Gasteiger partial charge in [-0.3, -0.25) is 4.79 Å². The first-order chi connectivity index (χ1) is 10.1. The predicted molar refractivity (Wildman–Crippen MR) is 76.2 cm³/mol. The Hall–Kier alpha value is -2.50. The van der Waals surface area contributed by atoms with E-state index in [-0.39, 0.29) is 11.5 Å². The lowest BCUT2D eigenvalue weighted by Crippen LogP contribution is -2.29. The largest absolute Gasteiger partial charge is 0.368 e. The molecular weight excluding hydrogens is 276 g/mol. The van der Waals surface area contributed by atoms with Gasteiger partial charge in [0.2, 0.25) is 5.95 Å². The first kappa shape index (κ1) is 14.9. The van der Waals surface area contributed by atoms with Crippen molar-refractivity contribution in [2.24, 2.45) is 0 Å². The Morgan fingerprint density at radius 2 is 2.00 bits per heavy atom. The number of carbonyl (C=O) groups excluding carboxylic acids is 1. The molecule has 2 N–H and O–H groups in total. The lowest BCUT2D eigenvalue weighted by molar-refractivity contribution is 0.0954. The average Bonchev–Trinajstić information content (AvgIpc) is 2.46. The number of rotatable bonds is 5. The lowest BCUT2D eigenvalue weighted by atomic mass is 10.1. The fourth-order valence-corrected chi connectivity index (χ4v) is 1.71. The van der Waals surface area contributed by atoms with E-state index in [9.17, 15) is 13.6 Å². The van der Waals surface area contributed by atoms with Gasteiger partial charge in [-0.05, 0) is 36.8 Å². The second kappa shape index (κ2) is 6.78. The number of aryl methyl sites for hydroxylation is 1. The van der Waals surface area contributed by atoms with Crippen LogP contribution in [0.2, 0.25) is 0 Å². The summed E-state index contributed by atoms with van der Waals surface area (Å²) in [5.41, 5.74) is 0.757. The molecule has 1 aromatic heterocycles. The molecule has 1 aromatic carbocycles. The van der Waals surface area contributed by atoms with E-state index in [1.54, 1.807) is 31.2 Å². The van der Waals surface area contributed by atoms with Crippen LogP contribution in [0.3, 0.4) is 0 Å². The zero-order valence-corrected chi connectivity index (χ0v) is 11.5. The maximum atomic E-state index is 13.4. The minimum absolute atomic E-state index is 0.266. The molecule has 0 fully saturated rings. The maximum Gasteiger partial charge on any atom is 0.251 e. The number of anilines is 1. The van der Waals surface area contributed by atoms with Crippen LogP contribution in [0.5, 0.6) is 0 Å². The Balaban J connectivity index is 1.80. The Morgan fingerprint density at radius 1 is 1.19 bits per heavy atom. The van der Waals surface area contributed by atoms with Crippen molar-refractivity contribution in [2.75, 3.05) is 18.4 Å². The van der Waals surface area contributed by atoms with Crippen LogP contribution in [0.1, 0.15) is 15.9 Å². The van der Waals surface area contributed by atoms with Crippen molar-refractivity contribution in [1.82, 2.24) is 10.3 Å². The van der Waals surface area contributed by atoms with Crippen LogP contribution in [0.15, 0.2) is 36.4 Å². The Labute approximate surface area is 121 Å². The van der Waals surface area contributed by atoms with Crippen molar-refractivity contribution in [3.8, 4) is 0 Å². The molecule has 0 aliphatic rings. The summed E-state index contributed by atoms with van der Waals surface area (Å²) in [6, 6.07) is 8.73. The van der Waals surface area contributed by atoms with Crippen molar-refractivity contribution in [3.63, 3.8) is 0 Å². The molecule has 0 atom stereocenters. The molecule has 4 nitrogen and oxygen atoms in total. The van der Waals surface area contributed by atoms with E-state index in [1.165, 1.54) is 12.1 Å². The van der Waals surface area contributed by atoms with Gasteiger partial charge in [0, 0.05) is 18.7 Å². The van der Waals surface area contributed by atoms with Crippen molar-refractivity contribution in [3.05, 3.63) is 59.3 Å². The Bertz CT molecular complexity index is 647. The normalized spacial score (nSPS) is 10.2. The fourth-order valence-electron chi connectivity index (χ4n) is 1.71. The lowest BCUT2D eigenvalue weighted by Gasteiger charge is -2.08. The van der Waals surface area contributed by atoms with Gasteiger partial charge in [0.1, 0.15) is 11.6 Å². The minimum Gasteiger partial charge on any atom is -0.368 e. The fraction of sp³-hybridized carbons (Fsp3) is 0.200. The van der Waals surface area contributed by atoms with Gasteiger partial charge >= 0.3 is 0 Å². The number of hydrogen-bond acceptors (Lipinski definition) is 3. The van der Waals surface area contributed by atoms with Crippen LogP contribution < -0.4 is 10.6 Å². The number of halogens is 2. The average molecular weight is 291 g/mol. The zero-order valence-electron chi connectivity index (χ0n) is 11.5. The number of nitrogens with zero attached hydrogens (tertiary/aromatic N) is 1. The zero-order chi connectivity index (χ0) is 15.2. The molecule has 0 aliphatic heterocycles. The van der Waals surface area contributed by atoms with E-state index in [4.69, 9.17) is 0 Å². The van der Waals surface area contributed by atoms with E-state index in [0.717, 1.165) is 0 Å². The molecule has 1 heterocycles. The van der Waals surface area contributed by atoms with Crippen LogP contribution >= 0.6 is 0 Å². The number of carbonyl (C=O) groups is 1. The van der Waals surface area contributed by atoms with Crippen LogP contribution in [0.4, 0.5) is 14.6 Å². The third kappa shape index (κ3) is 4.24. The summed E-state index contributed by atoms with van der Waals surface area (Å²) in [5.74, 6) is -0.947. The highest BCUT2D eigenvalue weighted by Crippen LogP contribution is 2.09. The molecule has 0 bridgehead atoms. The first-order valence-corrected chi connectivity index (χ1v) is 6.47. The topological polar surface area (TPSA) is 54.0 Å². The van der Waals surface area contributed by atoms with Gasteiger partial charge in [-0.1, -0.05) is 12.1 Å². The number of amides is 1. The molecule has 21 heavy (non-hydrogen) atoms. The molecular formula is C15H15F2N3O. The number of pyridine rings is 1. The van der Waals surface area contributed by atoms with E-state index in [0.29, 0.717) is 24.5 Å². The molecule has 0 radical (unpaired) electrons. The Morgan fingerprint density at radius 3 is 2.71 bits per heavy atom. The minimum atomic E-state index is -0.570. The smallest absolute Gasteiger partial charge is 0.251 e. The van der Waals surface area contributed by atoms with E-state index in [2.05, 4.69) is 15.6 Å². The highest BCUT2D eigenvalue weighted by Gasteiger charge is 2.07. The monoisotopic (exact) mass is 291 g/mol. The van der Waals surface area contributed by atoms with Gasteiger partial charge < -0.3 is 10.6 Å². The summed E-state index contributed by atoms with van der Waals surface area (Å²) in [6.45, 7) is 2.33. The van der Waals surface area contributed by atoms with E-state index in [1.807, 2.05) is 0 Å². The molecule has 0 saturated carbocycles. The van der Waals surface area contributed by atoms with E-state index < -0.39 is 11.8 Å².